The molecule has 0 radical (unpaired) electrons. The summed E-state index contributed by atoms with van der Waals surface area (Å²) in [5.41, 5.74) is -6.60. The molecule has 3 aromatic carbocycles. The van der Waals surface area contributed by atoms with E-state index in [0.29, 0.717) is 12.1 Å². The molecule has 0 saturated carbocycles. The van der Waals surface area contributed by atoms with Gasteiger partial charge in [-0.05, 0) is 12.1 Å². The molecule has 3 aromatic rings. The Balaban J connectivity index is 1.91. The Morgan fingerprint density at radius 3 is 1.65 bits per heavy atom. The minimum absolute atomic E-state index is 0.490. The van der Waals surface area contributed by atoms with Crippen LogP contribution in [0.2, 0.25) is 0 Å². The van der Waals surface area contributed by atoms with Gasteiger partial charge in [0.2, 0.25) is 0 Å². The predicted octanol–water partition coefficient (Wildman–Crippen LogP) is 4.94. The number of hydrogen-bond acceptors (Lipinski definition) is 7. The van der Waals surface area contributed by atoms with Crippen LogP contribution in [0.5, 0.6) is 23.0 Å². The van der Waals surface area contributed by atoms with Gasteiger partial charge in [0.15, 0.2) is 52.0 Å². The molecule has 0 aliphatic carbocycles. The van der Waals surface area contributed by atoms with Crippen LogP contribution in [0.3, 0.4) is 0 Å². The normalized spacial score (nSPS) is 14.3. The molecular formula is C24H10F6O7. The lowest BCUT2D eigenvalue weighted by Crippen LogP contribution is -2.34. The van der Waals surface area contributed by atoms with Crippen LogP contribution in [0.25, 0.3) is 0 Å². The minimum atomic E-state index is -2.81. The summed E-state index contributed by atoms with van der Waals surface area (Å²) in [6.07, 6.45) is 0. The Morgan fingerprint density at radius 2 is 1.19 bits per heavy atom. The van der Waals surface area contributed by atoms with Gasteiger partial charge in [0.1, 0.15) is 17.1 Å². The molecule has 5 rings (SSSR count). The molecule has 0 saturated heterocycles. The van der Waals surface area contributed by atoms with Gasteiger partial charge in [-0.15, -0.1) is 0 Å². The Morgan fingerprint density at radius 1 is 0.730 bits per heavy atom. The van der Waals surface area contributed by atoms with Crippen molar-refractivity contribution in [2.24, 2.45) is 0 Å². The van der Waals surface area contributed by atoms with E-state index in [4.69, 9.17) is 18.9 Å². The molecule has 2 aliphatic heterocycles. The molecule has 0 atom stereocenters. The van der Waals surface area contributed by atoms with Gasteiger partial charge < -0.3 is 18.9 Å². The summed E-state index contributed by atoms with van der Waals surface area (Å²) < 4.78 is 109. The molecule has 0 bridgehead atoms. The van der Waals surface area contributed by atoms with Gasteiger partial charge in [0.05, 0.1) is 16.7 Å². The first-order chi connectivity index (χ1) is 17.4. The van der Waals surface area contributed by atoms with Crippen LogP contribution in [0.4, 0.5) is 26.3 Å². The first-order valence-electron chi connectivity index (χ1n) is 10.2. The zero-order chi connectivity index (χ0) is 27.0. The fourth-order valence-corrected chi connectivity index (χ4v) is 4.29. The molecule has 2 heterocycles. The zero-order valence-corrected chi connectivity index (χ0v) is 18.4. The van der Waals surface area contributed by atoms with Gasteiger partial charge in [-0.3, -0.25) is 9.59 Å². The third-order valence-corrected chi connectivity index (χ3v) is 5.62. The number of fused-ring (bicyclic) bond motifs is 6. The quantitative estimate of drug-likeness (QED) is 0.154. The number of carbonyl (C=O) groups is 3. The van der Waals surface area contributed by atoms with Crippen LogP contribution in [0, 0.1) is 34.9 Å². The first-order valence-corrected chi connectivity index (χ1v) is 10.2. The van der Waals surface area contributed by atoms with E-state index in [1.54, 1.807) is 0 Å². The van der Waals surface area contributed by atoms with Crippen LogP contribution in [-0.2, 0) is 19.9 Å². The molecule has 7 nitrogen and oxygen atoms in total. The number of carbonyl (C=O) groups excluding carboxylic acids is 3. The number of rotatable bonds is 2. The smallest absolute Gasteiger partial charge is 0.343 e. The Hall–Kier alpha value is -4.55. The first kappa shape index (κ1) is 24.2. The number of benzene rings is 3. The van der Waals surface area contributed by atoms with Crippen molar-refractivity contribution in [1.29, 1.82) is 0 Å². The molecule has 0 amide bonds. The highest BCUT2D eigenvalue weighted by molar-refractivity contribution is 5.97. The lowest BCUT2D eigenvalue weighted by molar-refractivity contribution is -0.133. The monoisotopic (exact) mass is 524 g/mol. The lowest BCUT2D eigenvalue weighted by Gasteiger charge is -2.36. The third kappa shape index (κ3) is 3.33. The molecule has 0 fully saturated rings. The summed E-state index contributed by atoms with van der Waals surface area (Å²) in [6, 6.07) is 2.67. The number of esters is 3. The van der Waals surface area contributed by atoms with Crippen molar-refractivity contribution in [3.05, 3.63) is 81.4 Å². The molecule has 190 valence electrons. The standard InChI is InChI=1S/C24H10F6O7/c1-7(31)34-15-5-13-9(3-11(15)25)24(10-4-12(26)16(35-8(2)32)6-14(10)36-13)18-17(23(33)37-24)19(27)21(29)22(30)20(18)28/h3-6H,1-2H3. The van der Waals surface area contributed by atoms with Crippen molar-refractivity contribution < 1.29 is 59.7 Å². The summed E-state index contributed by atoms with van der Waals surface area (Å²) in [5.74, 6) is -17.4. The van der Waals surface area contributed by atoms with Crippen LogP contribution < -0.4 is 14.2 Å². The van der Waals surface area contributed by atoms with Gasteiger partial charge >= 0.3 is 17.9 Å². The van der Waals surface area contributed by atoms with E-state index in [1.807, 2.05) is 0 Å². The van der Waals surface area contributed by atoms with Gasteiger partial charge in [-0.1, -0.05) is 0 Å². The Bertz CT molecular complexity index is 1510. The Kier molecular flexibility index (Phi) is 5.21. The summed E-state index contributed by atoms with van der Waals surface area (Å²) in [7, 11) is 0. The second-order valence-corrected chi connectivity index (χ2v) is 7.92. The molecule has 0 N–H and O–H groups in total. The molecule has 2 aliphatic rings. The molecule has 0 aromatic heterocycles. The second kappa shape index (κ2) is 7.98. The average molecular weight is 524 g/mol. The summed E-state index contributed by atoms with van der Waals surface area (Å²) in [4.78, 5) is 35.4. The maximum atomic E-state index is 15.3. The highest BCUT2D eigenvalue weighted by Crippen LogP contribution is 2.59. The van der Waals surface area contributed by atoms with Crippen LogP contribution in [0.1, 0.15) is 40.9 Å². The summed E-state index contributed by atoms with van der Waals surface area (Å²) in [6.45, 7) is 1.91. The van der Waals surface area contributed by atoms with E-state index in [1.165, 1.54) is 0 Å². The van der Waals surface area contributed by atoms with Gasteiger partial charge in [-0.25, -0.2) is 31.1 Å². The highest BCUT2D eigenvalue weighted by Gasteiger charge is 2.58. The molecule has 0 unspecified atom stereocenters. The Labute approximate surface area is 202 Å². The SMILES string of the molecule is CC(=O)Oc1cc2c(cc1F)C1(OC(=O)c3c(F)c(F)c(F)c(F)c31)c1cc(F)c(OC(C)=O)cc1O2. The van der Waals surface area contributed by atoms with Crippen LogP contribution in [-0.4, -0.2) is 17.9 Å². The predicted molar refractivity (Wildman–Crippen MR) is 107 cm³/mol. The molecule has 1 spiro atoms. The maximum Gasteiger partial charge on any atom is 0.343 e. The van der Waals surface area contributed by atoms with E-state index in [0.717, 1.165) is 26.0 Å². The zero-order valence-electron chi connectivity index (χ0n) is 18.4. The summed E-state index contributed by atoms with van der Waals surface area (Å²) >= 11 is 0. The minimum Gasteiger partial charge on any atom is -0.456 e. The average Bonchev–Trinajstić information content (AvgIpc) is 3.12. The molecule has 13 heteroatoms. The molecular weight excluding hydrogens is 514 g/mol. The second-order valence-electron chi connectivity index (χ2n) is 7.92. The largest absolute Gasteiger partial charge is 0.456 e. The van der Waals surface area contributed by atoms with Gasteiger partial charge in [0, 0.05) is 26.0 Å². The third-order valence-electron chi connectivity index (χ3n) is 5.62. The van der Waals surface area contributed by atoms with Crippen molar-refractivity contribution in [2.45, 2.75) is 19.4 Å². The molecule has 37 heavy (non-hydrogen) atoms. The fourth-order valence-electron chi connectivity index (χ4n) is 4.29. The van der Waals surface area contributed by atoms with E-state index < -0.39 is 104 Å². The maximum absolute atomic E-state index is 15.3. The van der Waals surface area contributed by atoms with Crippen molar-refractivity contribution in [2.75, 3.05) is 0 Å². The van der Waals surface area contributed by atoms with E-state index in [2.05, 4.69) is 0 Å². The number of ether oxygens (including phenoxy) is 4. The van der Waals surface area contributed by atoms with Crippen molar-refractivity contribution >= 4 is 17.9 Å². The fraction of sp³-hybridized carbons (Fsp3) is 0.125. The van der Waals surface area contributed by atoms with E-state index in [-0.39, 0.29) is 0 Å². The number of hydrogen-bond donors (Lipinski definition) is 0. The van der Waals surface area contributed by atoms with Gasteiger partial charge in [0.25, 0.3) is 0 Å². The van der Waals surface area contributed by atoms with Crippen molar-refractivity contribution in [1.82, 2.24) is 0 Å². The topological polar surface area (TPSA) is 88.1 Å². The summed E-state index contributed by atoms with van der Waals surface area (Å²) in [5, 5.41) is 0. The van der Waals surface area contributed by atoms with Gasteiger partial charge in [-0.2, -0.15) is 0 Å². The lowest BCUT2D eigenvalue weighted by atomic mass is 9.77. The van der Waals surface area contributed by atoms with E-state index in [9.17, 15) is 36.3 Å². The highest BCUT2D eigenvalue weighted by atomic mass is 19.2. The van der Waals surface area contributed by atoms with E-state index >= 15 is 4.39 Å². The van der Waals surface area contributed by atoms with Crippen molar-refractivity contribution in [3.8, 4) is 23.0 Å². The van der Waals surface area contributed by atoms with Crippen LogP contribution >= 0.6 is 0 Å². The number of halogens is 6. The van der Waals surface area contributed by atoms with Crippen LogP contribution in [0.15, 0.2) is 24.3 Å². The van der Waals surface area contributed by atoms with Crippen molar-refractivity contribution in [3.63, 3.8) is 0 Å².